The molecule has 0 fully saturated rings. The first-order chi connectivity index (χ1) is 7.70. The predicted molar refractivity (Wildman–Crippen MR) is 62.6 cm³/mol. The van der Waals surface area contributed by atoms with Gasteiger partial charge in [-0.1, -0.05) is 0 Å². The van der Waals surface area contributed by atoms with Gasteiger partial charge in [0.15, 0.2) is 0 Å². The van der Waals surface area contributed by atoms with Crippen LogP contribution in [0.25, 0.3) is 0 Å². The molecule has 0 aromatic heterocycles. The first-order valence-electron chi connectivity index (χ1n) is 5.31. The smallest absolute Gasteiger partial charge is 0.422 e. The second-order valence-electron chi connectivity index (χ2n) is 3.99. The number of amides is 1. The molecule has 2 N–H and O–H groups in total. The summed E-state index contributed by atoms with van der Waals surface area (Å²) in [6.07, 6.45) is -1.43. The van der Waals surface area contributed by atoms with Crippen LogP contribution in [0.4, 0.5) is 4.79 Å². The van der Waals surface area contributed by atoms with Gasteiger partial charge in [-0.3, -0.25) is 0 Å². The summed E-state index contributed by atoms with van der Waals surface area (Å²) in [4.78, 5) is 11.2. The number of aliphatic hydroxyl groups is 1. The number of aliphatic hydroxyl groups excluding tert-OH is 1. The van der Waals surface area contributed by atoms with Gasteiger partial charge in [0.25, 0.3) is 0 Å². The Balaban J connectivity index is 4.69. The zero-order valence-corrected chi connectivity index (χ0v) is 11.3. The van der Waals surface area contributed by atoms with Crippen molar-refractivity contribution in [2.75, 3.05) is 13.2 Å². The number of nitrogens with zero attached hydrogens (tertiary/aromatic N) is 1. The summed E-state index contributed by atoms with van der Waals surface area (Å²) >= 11 is 0. The van der Waals surface area contributed by atoms with Gasteiger partial charge in [-0.15, -0.1) is 0 Å². The van der Waals surface area contributed by atoms with Crippen LogP contribution in [0, 0.1) is 0 Å². The van der Waals surface area contributed by atoms with E-state index in [-0.39, 0.29) is 19.2 Å². The van der Waals surface area contributed by atoms with E-state index in [2.05, 4.69) is 4.74 Å². The fourth-order valence-electron chi connectivity index (χ4n) is 1.16. The van der Waals surface area contributed by atoms with Crippen LogP contribution < -0.4 is 4.72 Å². The second kappa shape index (κ2) is 6.77. The van der Waals surface area contributed by atoms with E-state index in [1.807, 2.05) is 0 Å². The van der Waals surface area contributed by atoms with Crippen LogP contribution in [0.15, 0.2) is 0 Å². The highest BCUT2D eigenvalue weighted by atomic mass is 32.2. The summed E-state index contributed by atoms with van der Waals surface area (Å²) in [6, 6.07) is -0.369. The van der Waals surface area contributed by atoms with Crippen molar-refractivity contribution in [1.29, 1.82) is 0 Å². The molecule has 0 aromatic carbocycles. The molecule has 0 aliphatic heterocycles. The number of rotatable bonds is 6. The maximum Gasteiger partial charge on any atom is 0.422 e. The number of carbonyl (C=O) groups is 1. The van der Waals surface area contributed by atoms with Gasteiger partial charge in [0.05, 0.1) is 12.7 Å². The molecule has 0 aliphatic carbocycles. The Morgan fingerprint density at radius 1 is 1.35 bits per heavy atom. The van der Waals surface area contributed by atoms with E-state index < -0.39 is 22.4 Å². The van der Waals surface area contributed by atoms with E-state index in [9.17, 15) is 13.2 Å². The van der Waals surface area contributed by atoms with Crippen LogP contribution in [0.3, 0.4) is 0 Å². The Morgan fingerprint density at radius 2 is 1.88 bits per heavy atom. The van der Waals surface area contributed by atoms with Gasteiger partial charge >= 0.3 is 16.3 Å². The van der Waals surface area contributed by atoms with Crippen LogP contribution in [-0.2, 0) is 14.9 Å². The van der Waals surface area contributed by atoms with E-state index in [1.165, 1.54) is 0 Å². The average Bonchev–Trinajstić information content (AvgIpc) is 2.10. The molecule has 17 heavy (non-hydrogen) atoms. The number of ether oxygens (including phenoxy) is 1. The summed E-state index contributed by atoms with van der Waals surface area (Å²) in [5.41, 5.74) is 0. The molecule has 0 aliphatic rings. The van der Waals surface area contributed by atoms with E-state index in [4.69, 9.17) is 5.11 Å². The van der Waals surface area contributed by atoms with Crippen molar-refractivity contribution < 1.29 is 23.1 Å². The molecular weight excluding hydrogens is 248 g/mol. The molecule has 0 unspecified atom stereocenters. The lowest BCUT2D eigenvalue weighted by atomic mass is 10.4. The average molecular weight is 268 g/mol. The van der Waals surface area contributed by atoms with Gasteiger partial charge in [0, 0.05) is 12.6 Å². The molecule has 0 bridgehead atoms. The van der Waals surface area contributed by atoms with Crippen molar-refractivity contribution in [2.45, 2.75) is 39.8 Å². The fraction of sp³-hybridized carbons (Fsp3) is 0.889. The molecule has 0 saturated heterocycles. The molecule has 0 radical (unpaired) electrons. The van der Waals surface area contributed by atoms with Gasteiger partial charge in [-0.25, -0.2) is 9.52 Å². The van der Waals surface area contributed by atoms with Gasteiger partial charge in [0.1, 0.15) is 0 Å². The predicted octanol–water partition coefficient (Wildman–Crippen LogP) is 0.0685. The summed E-state index contributed by atoms with van der Waals surface area (Å²) in [6.45, 7) is 6.10. The van der Waals surface area contributed by atoms with Crippen molar-refractivity contribution in [3.63, 3.8) is 0 Å². The monoisotopic (exact) mass is 268 g/mol. The lowest BCUT2D eigenvalue weighted by Gasteiger charge is -2.24. The minimum Gasteiger partial charge on any atom is -0.446 e. The Kier molecular flexibility index (Phi) is 6.43. The molecule has 102 valence electrons. The number of hydrogen-bond acceptors (Lipinski definition) is 5. The normalized spacial score (nSPS) is 12.2. The topological polar surface area (TPSA) is 95.9 Å². The van der Waals surface area contributed by atoms with E-state index in [0.29, 0.717) is 0 Å². The second-order valence-corrected chi connectivity index (χ2v) is 5.61. The summed E-state index contributed by atoms with van der Waals surface area (Å²) in [7, 11) is -3.98. The number of nitrogens with one attached hydrogen (secondary N) is 1. The highest BCUT2D eigenvalue weighted by molar-refractivity contribution is 7.87. The zero-order valence-electron chi connectivity index (χ0n) is 10.5. The van der Waals surface area contributed by atoms with Gasteiger partial charge < -0.3 is 9.84 Å². The van der Waals surface area contributed by atoms with Gasteiger partial charge in [-0.2, -0.15) is 12.7 Å². The zero-order chi connectivity index (χ0) is 13.6. The van der Waals surface area contributed by atoms with Crippen LogP contribution in [0.2, 0.25) is 0 Å². The molecule has 1 amide bonds. The van der Waals surface area contributed by atoms with Gasteiger partial charge in [0.2, 0.25) is 0 Å². The molecule has 8 heteroatoms. The van der Waals surface area contributed by atoms with Crippen molar-refractivity contribution in [2.24, 2.45) is 0 Å². The summed E-state index contributed by atoms with van der Waals surface area (Å²) in [5.74, 6) is 0. The van der Waals surface area contributed by atoms with Crippen molar-refractivity contribution in [1.82, 2.24) is 9.03 Å². The third kappa shape index (κ3) is 5.85. The van der Waals surface area contributed by atoms with Crippen molar-refractivity contribution in [3.05, 3.63) is 0 Å². The Hall–Kier alpha value is -0.860. The van der Waals surface area contributed by atoms with E-state index in [1.54, 1.807) is 32.4 Å². The number of carbonyl (C=O) groups excluding carboxylic acids is 1. The molecule has 0 heterocycles. The van der Waals surface area contributed by atoms with Crippen LogP contribution >= 0.6 is 0 Å². The van der Waals surface area contributed by atoms with Gasteiger partial charge in [-0.05, 0) is 27.7 Å². The maximum atomic E-state index is 11.8. The largest absolute Gasteiger partial charge is 0.446 e. The first-order valence-corrected chi connectivity index (χ1v) is 6.75. The van der Waals surface area contributed by atoms with Crippen molar-refractivity contribution >= 4 is 16.3 Å². The minimum atomic E-state index is -3.98. The lowest BCUT2D eigenvalue weighted by Crippen LogP contribution is -2.48. The van der Waals surface area contributed by atoms with E-state index in [0.717, 1.165) is 4.31 Å². The van der Waals surface area contributed by atoms with Crippen LogP contribution in [0.5, 0.6) is 0 Å². The highest BCUT2D eigenvalue weighted by Gasteiger charge is 2.27. The SMILES string of the molecule is CC(C)OC(=O)NS(=O)(=O)N(CCO)C(C)C. The number of hydrogen-bond donors (Lipinski definition) is 2. The molecule has 0 rings (SSSR count). The quantitative estimate of drug-likeness (QED) is 0.710. The van der Waals surface area contributed by atoms with Crippen LogP contribution in [0.1, 0.15) is 27.7 Å². The maximum absolute atomic E-state index is 11.8. The fourth-order valence-corrected chi connectivity index (χ4v) is 2.41. The molecule has 0 saturated carbocycles. The summed E-state index contributed by atoms with van der Waals surface area (Å²) in [5, 5.41) is 8.78. The highest BCUT2D eigenvalue weighted by Crippen LogP contribution is 2.04. The third-order valence-electron chi connectivity index (χ3n) is 1.76. The molecule has 7 nitrogen and oxygen atoms in total. The first kappa shape index (κ1) is 16.1. The molecular formula is C9H20N2O5S. The Morgan fingerprint density at radius 3 is 2.24 bits per heavy atom. The molecule has 0 spiro atoms. The molecule has 0 atom stereocenters. The Bertz CT molecular complexity index is 339. The van der Waals surface area contributed by atoms with Crippen LogP contribution in [-0.4, -0.2) is 49.2 Å². The Labute approximate surface area is 102 Å². The van der Waals surface area contributed by atoms with Crippen molar-refractivity contribution in [3.8, 4) is 0 Å². The minimum absolute atomic E-state index is 0.0814. The summed E-state index contributed by atoms with van der Waals surface area (Å²) < 4.78 is 31.0. The standard InChI is InChI=1S/C9H20N2O5S/c1-7(2)11(5-6-12)17(14,15)10-9(13)16-8(3)4/h7-8,12H,5-6H2,1-4H3,(H,10,13). The third-order valence-corrected chi connectivity index (χ3v) is 3.41. The lowest BCUT2D eigenvalue weighted by molar-refractivity contribution is 0.120. The molecule has 0 aromatic rings. The van der Waals surface area contributed by atoms with E-state index >= 15 is 0 Å².